The lowest BCUT2D eigenvalue weighted by molar-refractivity contribution is -0.154. The van der Waals surface area contributed by atoms with Crippen molar-refractivity contribution < 1.29 is 22.7 Å². The lowest BCUT2D eigenvalue weighted by atomic mass is 10.1. The molecule has 7 heteroatoms. The minimum atomic E-state index is -3.67. The number of nitrogens with zero attached hydrogens (tertiary/aromatic N) is 1. The van der Waals surface area contributed by atoms with Crippen molar-refractivity contribution in [1.82, 2.24) is 4.31 Å². The van der Waals surface area contributed by atoms with Crippen LogP contribution in [0.2, 0.25) is 0 Å². The molecule has 1 rings (SSSR count). The average molecular weight is 235 g/mol. The number of esters is 1. The van der Waals surface area contributed by atoms with E-state index in [1.807, 2.05) is 0 Å². The summed E-state index contributed by atoms with van der Waals surface area (Å²) in [6, 6.07) is 0. The first kappa shape index (κ1) is 12.0. The van der Waals surface area contributed by atoms with Gasteiger partial charge in [-0.05, 0) is 13.8 Å². The molecule has 15 heavy (non-hydrogen) atoms. The molecule has 1 fully saturated rings. The molecule has 0 unspecified atom stereocenters. The molecule has 6 nitrogen and oxygen atoms in total. The van der Waals surface area contributed by atoms with Crippen LogP contribution in [0.1, 0.15) is 20.3 Å². The van der Waals surface area contributed by atoms with Crippen molar-refractivity contribution in [3.63, 3.8) is 0 Å². The summed E-state index contributed by atoms with van der Waals surface area (Å²) in [7, 11) is -2.52. The molecule has 0 radical (unpaired) electrons. The van der Waals surface area contributed by atoms with E-state index in [-0.39, 0.29) is 12.2 Å². The highest BCUT2D eigenvalue weighted by Crippen LogP contribution is 2.27. The Morgan fingerprint density at radius 3 is 2.33 bits per heavy atom. The van der Waals surface area contributed by atoms with E-state index in [9.17, 15) is 18.0 Å². The van der Waals surface area contributed by atoms with Crippen LogP contribution < -0.4 is 0 Å². The second kappa shape index (κ2) is 3.48. The van der Waals surface area contributed by atoms with Crippen LogP contribution in [-0.4, -0.2) is 43.0 Å². The highest BCUT2D eigenvalue weighted by atomic mass is 32.2. The molecule has 0 aliphatic carbocycles. The molecule has 1 aliphatic rings. The first-order chi connectivity index (χ1) is 6.73. The largest absolute Gasteiger partial charge is 0.467 e. The van der Waals surface area contributed by atoms with Crippen LogP contribution in [0.4, 0.5) is 0 Å². The molecule has 1 heterocycles. The number of carbonyl (C=O) groups excluding carboxylic acids is 2. The number of ether oxygens (including phenoxy) is 1. The van der Waals surface area contributed by atoms with Gasteiger partial charge in [-0.1, -0.05) is 0 Å². The van der Waals surface area contributed by atoms with E-state index in [1.165, 1.54) is 13.8 Å². The summed E-state index contributed by atoms with van der Waals surface area (Å²) in [6.45, 7) is 2.69. The van der Waals surface area contributed by atoms with Crippen LogP contribution >= 0.6 is 0 Å². The molecule has 1 amide bonds. The maximum atomic E-state index is 11.5. The second-order valence-electron chi connectivity index (χ2n) is 3.77. The Labute approximate surface area is 88.2 Å². The van der Waals surface area contributed by atoms with E-state index in [2.05, 4.69) is 4.74 Å². The molecule has 0 spiro atoms. The van der Waals surface area contributed by atoms with Gasteiger partial charge in [0.1, 0.15) is 5.54 Å². The topological polar surface area (TPSA) is 80.8 Å². The summed E-state index contributed by atoms with van der Waals surface area (Å²) in [5, 5.41) is 0. The smallest absolute Gasteiger partial charge is 0.332 e. The van der Waals surface area contributed by atoms with Gasteiger partial charge in [0.05, 0.1) is 12.9 Å². The summed E-state index contributed by atoms with van der Waals surface area (Å²) in [6.07, 6.45) is -0.0806. The van der Waals surface area contributed by atoms with Gasteiger partial charge in [-0.2, -0.15) is 0 Å². The highest BCUT2D eigenvalue weighted by molar-refractivity contribution is 7.90. The van der Waals surface area contributed by atoms with Crippen molar-refractivity contribution in [3.8, 4) is 0 Å². The third-order valence-corrected chi connectivity index (χ3v) is 4.21. The SMILES string of the molecule is COC(=O)C(C)(C)N1C(=O)CCS1(=O)=O. The fourth-order valence-electron chi connectivity index (χ4n) is 1.56. The van der Waals surface area contributed by atoms with Crippen LogP contribution in [0.15, 0.2) is 0 Å². The standard InChI is InChI=1S/C8H13NO5S/c1-8(2,7(11)14-3)9-6(10)4-5-15(9,12)13/h4-5H2,1-3H3. The molecule has 0 aromatic carbocycles. The maximum absolute atomic E-state index is 11.5. The fourth-order valence-corrected chi connectivity index (χ4v) is 3.34. The van der Waals surface area contributed by atoms with E-state index in [0.29, 0.717) is 4.31 Å². The lowest BCUT2D eigenvalue weighted by Crippen LogP contribution is -2.53. The molecule has 0 saturated carbocycles. The highest BCUT2D eigenvalue weighted by Gasteiger charge is 2.49. The first-order valence-corrected chi connectivity index (χ1v) is 5.99. The monoisotopic (exact) mass is 235 g/mol. The van der Waals surface area contributed by atoms with Gasteiger partial charge >= 0.3 is 5.97 Å². The molecular weight excluding hydrogens is 222 g/mol. The quantitative estimate of drug-likeness (QED) is 0.603. The third-order valence-electron chi connectivity index (χ3n) is 2.27. The first-order valence-electron chi connectivity index (χ1n) is 4.38. The van der Waals surface area contributed by atoms with Crippen molar-refractivity contribution in [1.29, 1.82) is 0 Å². The Bertz CT molecular complexity index is 397. The summed E-state index contributed by atoms with van der Waals surface area (Å²) < 4.78 is 28.2. The van der Waals surface area contributed by atoms with Gasteiger partial charge < -0.3 is 4.74 Å². The van der Waals surface area contributed by atoms with Crippen molar-refractivity contribution in [2.24, 2.45) is 0 Å². The Kier molecular flexibility index (Phi) is 2.77. The lowest BCUT2D eigenvalue weighted by Gasteiger charge is -2.30. The fraction of sp³-hybridized carbons (Fsp3) is 0.750. The molecule has 0 bridgehead atoms. The average Bonchev–Trinajstić information content (AvgIpc) is 2.39. The van der Waals surface area contributed by atoms with Gasteiger partial charge in [-0.25, -0.2) is 17.5 Å². The van der Waals surface area contributed by atoms with E-state index < -0.39 is 27.4 Å². The predicted octanol–water partition coefficient (Wildman–Crippen LogP) is -0.500. The van der Waals surface area contributed by atoms with E-state index in [1.54, 1.807) is 0 Å². The predicted molar refractivity (Wildman–Crippen MR) is 51.3 cm³/mol. The number of carbonyl (C=O) groups is 2. The molecule has 0 N–H and O–H groups in total. The minimum absolute atomic E-state index is 0.0806. The van der Waals surface area contributed by atoms with Crippen molar-refractivity contribution in [2.45, 2.75) is 25.8 Å². The number of rotatable bonds is 2. The zero-order valence-electron chi connectivity index (χ0n) is 8.81. The summed E-state index contributed by atoms with van der Waals surface area (Å²) in [5.74, 6) is -1.56. The molecule has 1 aliphatic heterocycles. The van der Waals surface area contributed by atoms with Crippen LogP contribution in [0.5, 0.6) is 0 Å². The number of methoxy groups -OCH3 is 1. The number of hydrogen-bond donors (Lipinski definition) is 0. The Morgan fingerprint density at radius 1 is 1.47 bits per heavy atom. The Hall–Kier alpha value is -1.11. The Morgan fingerprint density at radius 2 is 2.00 bits per heavy atom. The van der Waals surface area contributed by atoms with Crippen molar-refractivity contribution >= 4 is 21.9 Å². The number of hydrogen-bond acceptors (Lipinski definition) is 5. The van der Waals surface area contributed by atoms with Gasteiger partial charge in [0.25, 0.3) is 0 Å². The number of amides is 1. The normalized spacial score (nSPS) is 20.5. The molecule has 1 saturated heterocycles. The summed E-state index contributed by atoms with van der Waals surface area (Å²) in [4.78, 5) is 22.8. The van der Waals surface area contributed by atoms with E-state index in [0.717, 1.165) is 7.11 Å². The molecule has 0 aromatic heterocycles. The minimum Gasteiger partial charge on any atom is -0.467 e. The second-order valence-corrected chi connectivity index (χ2v) is 5.71. The molecule has 0 aromatic rings. The molecule has 0 atom stereocenters. The molecular formula is C8H13NO5S. The summed E-state index contributed by atoms with van der Waals surface area (Å²) >= 11 is 0. The third kappa shape index (κ3) is 1.83. The van der Waals surface area contributed by atoms with Crippen LogP contribution in [0.25, 0.3) is 0 Å². The van der Waals surface area contributed by atoms with E-state index >= 15 is 0 Å². The van der Waals surface area contributed by atoms with E-state index in [4.69, 9.17) is 0 Å². The summed E-state index contributed by atoms with van der Waals surface area (Å²) in [5.41, 5.74) is -1.47. The Balaban J connectivity index is 3.16. The van der Waals surface area contributed by atoms with Gasteiger partial charge in [-0.3, -0.25) is 4.79 Å². The zero-order valence-corrected chi connectivity index (χ0v) is 9.63. The van der Waals surface area contributed by atoms with Gasteiger partial charge in [0, 0.05) is 6.42 Å². The van der Waals surface area contributed by atoms with Crippen LogP contribution in [0, 0.1) is 0 Å². The van der Waals surface area contributed by atoms with Crippen molar-refractivity contribution in [2.75, 3.05) is 12.9 Å². The van der Waals surface area contributed by atoms with Crippen LogP contribution in [-0.2, 0) is 24.3 Å². The van der Waals surface area contributed by atoms with Gasteiger partial charge in [0.15, 0.2) is 0 Å². The zero-order chi connectivity index (χ0) is 11.9. The number of sulfonamides is 1. The van der Waals surface area contributed by atoms with Crippen LogP contribution in [0.3, 0.4) is 0 Å². The molecule has 86 valence electrons. The van der Waals surface area contributed by atoms with Gasteiger partial charge in [0.2, 0.25) is 15.9 Å². The van der Waals surface area contributed by atoms with Crippen molar-refractivity contribution in [3.05, 3.63) is 0 Å². The van der Waals surface area contributed by atoms with Gasteiger partial charge in [-0.15, -0.1) is 0 Å². The maximum Gasteiger partial charge on any atom is 0.332 e.